The number of nitrogens with one attached hydrogen (secondary N) is 3. The van der Waals surface area contributed by atoms with Gasteiger partial charge >= 0.3 is 6.03 Å². The number of hydrogen-bond acceptors (Lipinski definition) is 3. The van der Waals surface area contributed by atoms with Crippen molar-refractivity contribution >= 4 is 17.6 Å². The third kappa shape index (κ3) is 8.10. The molecular formula is C30H34N4O2. The summed E-state index contributed by atoms with van der Waals surface area (Å²) in [5, 5.41) is 8.84. The van der Waals surface area contributed by atoms with Crippen LogP contribution >= 0.6 is 0 Å². The summed E-state index contributed by atoms with van der Waals surface area (Å²) >= 11 is 0. The van der Waals surface area contributed by atoms with E-state index >= 15 is 0 Å². The van der Waals surface area contributed by atoms with Crippen LogP contribution < -0.4 is 16.0 Å². The maximum absolute atomic E-state index is 12.8. The van der Waals surface area contributed by atoms with Crippen LogP contribution in [0.5, 0.6) is 0 Å². The van der Waals surface area contributed by atoms with Crippen LogP contribution in [0.4, 0.5) is 10.5 Å². The number of anilines is 1. The Kier molecular flexibility index (Phi) is 9.28. The summed E-state index contributed by atoms with van der Waals surface area (Å²) in [6, 6.07) is 27.1. The van der Waals surface area contributed by atoms with Gasteiger partial charge in [-0.3, -0.25) is 4.79 Å². The first kappa shape index (κ1) is 25.2. The average molecular weight is 483 g/mol. The smallest absolute Gasteiger partial charge is 0.319 e. The van der Waals surface area contributed by atoms with Gasteiger partial charge < -0.3 is 20.9 Å². The summed E-state index contributed by atoms with van der Waals surface area (Å²) in [5.74, 6) is -0.147. The van der Waals surface area contributed by atoms with Gasteiger partial charge in [-0.05, 0) is 61.2 Å². The average Bonchev–Trinajstić information content (AvgIpc) is 3.42. The highest BCUT2D eigenvalue weighted by atomic mass is 16.2. The van der Waals surface area contributed by atoms with Crippen molar-refractivity contribution in [1.82, 2.24) is 15.5 Å². The van der Waals surface area contributed by atoms with Crippen LogP contribution in [-0.4, -0.2) is 49.1 Å². The Morgan fingerprint density at radius 2 is 1.47 bits per heavy atom. The monoisotopic (exact) mass is 482 g/mol. The van der Waals surface area contributed by atoms with E-state index in [-0.39, 0.29) is 18.0 Å². The van der Waals surface area contributed by atoms with Crippen LogP contribution in [0.1, 0.15) is 18.4 Å². The molecule has 1 unspecified atom stereocenters. The molecule has 1 atom stereocenters. The molecule has 1 heterocycles. The summed E-state index contributed by atoms with van der Waals surface area (Å²) in [6.45, 7) is 3.72. The molecule has 3 aromatic rings. The molecule has 6 nitrogen and oxygen atoms in total. The van der Waals surface area contributed by atoms with Gasteiger partial charge in [0.2, 0.25) is 5.91 Å². The fourth-order valence-corrected chi connectivity index (χ4v) is 4.35. The van der Waals surface area contributed by atoms with Crippen LogP contribution in [-0.2, 0) is 11.2 Å². The fraction of sp³-hybridized carbons (Fsp3) is 0.267. The third-order valence-electron chi connectivity index (χ3n) is 6.27. The lowest BCUT2D eigenvalue weighted by molar-refractivity contribution is -0.116. The highest BCUT2D eigenvalue weighted by Gasteiger charge is 2.13. The van der Waals surface area contributed by atoms with E-state index in [9.17, 15) is 9.59 Å². The lowest BCUT2D eigenvalue weighted by Gasteiger charge is -2.17. The molecule has 0 aromatic heterocycles. The Bertz CT molecular complexity index is 1120. The minimum absolute atomic E-state index is 0.147. The van der Waals surface area contributed by atoms with E-state index in [0.717, 1.165) is 36.3 Å². The Morgan fingerprint density at radius 3 is 2.17 bits per heavy atom. The molecule has 1 aliphatic rings. The zero-order chi connectivity index (χ0) is 25.0. The molecule has 36 heavy (non-hydrogen) atoms. The zero-order valence-corrected chi connectivity index (χ0v) is 20.5. The van der Waals surface area contributed by atoms with Crippen LogP contribution in [0, 0.1) is 0 Å². The topological polar surface area (TPSA) is 73.5 Å². The predicted molar refractivity (Wildman–Crippen MR) is 146 cm³/mol. The minimum atomic E-state index is -0.333. The Labute approximate surface area is 213 Å². The second-order valence-corrected chi connectivity index (χ2v) is 9.04. The number of likely N-dealkylation sites (tertiary alicyclic amines) is 1. The van der Waals surface area contributed by atoms with Crippen molar-refractivity contribution in [2.24, 2.45) is 0 Å². The number of amides is 3. The first-order chi connectivity index (χ1) is 17.7. The van der Waals surface area contributed by atoms with E-state index in [1.54, 1.807) is 6.08 Å². The molecule has 0 radical (unpaired) electrons. The van der Waals surface area contributed by atoms with Gasteiger partial charge in [0.15, 0.2) is 0 Å². The van der Waals surface area contributed by atoms with Gasteiger partial charge in [0.05, 0.1) is 6.04 Å². The molecule has 0 spiro atoms. The quantitative estimate of drug-likeness (QED) is 0.362. The second kappa shape index (κ2) is 13.3. The van der Waals surface area contributed by atoms with Crippen molar-refractivity contribution in [3.05, 3.63) is 103 Å². The number of nitrogens with zero attached hydrogens (tertiary/aromatic N) is 1. The van der Waals surface area contributed by atoms with Gasteiger partial charge in [-0.25, -0.2) is 4.79 Å². The van der Waals surface area contributed by atoms with Gasteiger partial charge in [0.1, 0.15) is 0 Å². The number of carbonyl (C=O) groups excluding carboxylic acids is 2. The van der Waals surface area contributed by atoms with Crippen LogP contribution in [0.2, 0.25) is 0 Å². The van der Waals surface area contributed by atoms with E-state index in [0.29, 0.717) is 18.7 Å². The van der Waals surface area contributed by atoms with Crippen LogP contribution in [0.25, 0.3) is 11.1 Å². The van der Waals surface area contributed by atoms with Crippen molar-refractivity contribution in [1.29, 1.82) is 0 Å². The van der Waals surface area contributed by atoms with E-state index in [4.69, 9.17) is 0 Å². The maximum atomic E-state index is 12.8. The first-order valence-electron chi connectivity index (χ1n) is 12.6. The second-order valence-electron chi connectivity index (χ2n) is 9.04. The Hall–Kier alpha value is -3.90. The summed E-state index contributed by atoms with van der Waals surface area (Å²) in [5.41, 5.74) is 3.99. The molecule has 6 heteroatoms. The molecule has 4 rings (SSSR count). The lowest BCUT2D eigenvalue weighted by Crippen LogP contribution is -2.38. The Morgan fingerprint density at radius 1 is 0.833 bits per heavy atom. The molecule has 0 bridgehead atoms. The van der Waals surface area contributed by atoms with Crippen molar-refractivity contribution in [3.63, 3.8) is 0 Å². The van der Waals surface area contributed by atoms with Crippen LogP contribution in [0.15, 0.2) is 97.1 Å². The van der Waals surface area contributed by atoms with Crippen molar-refractivity contribution < 1.29 is 9.59 Å². The maximum Gasteiger partial charge on any atom is 0.319 e. The zero-order valence-electron chi connectivity index (χ0n) is 20.5. The SMILES string of the molecule is O=C(/C=C\C(Cc1ccccc1)NC(=O)Nc1ccc(-c2ccccc2)cc1)NCCN1CCCC1. The minimum Gasteiger partial charge on any atom is -0.351 e. The van der Waals surface area contributed by atoms with Gasteiger partial charge in [-0.2, -0.15) is 0 Å². The molecule has 1 aliphatic heterocycles. The number of urea groups is 1. The number of rotatable bonds is 10. The number of carbonyl (C=O) groups is 2. The predicted octanol–water partition coefficient (Wildman–Crippen LogP) is 4.85. The fourth-order valence-electron chi connectivity index (χ4n) is 4.35. The van der Waals surface area contributed by atoms with Gasteiger partial charge in [-0.15, -0.1) is 0 Å². The van der Waals surface area contributed by atoms with Crippen molar-refractivity contribution in [2.75, 3.05) is 31.5 Å². The summed E-state index contributed by atoms with van der Waals surface area (Å²) < 4.78 is 0. The molecule has 3 aromatic carbocycles. The highest BCUT2D eigenvalue weighted by molar-refractivity contribution is 5.90. The number of hydrogen-bond donors (Lipinski definition) is 3. The van der Waals surface area contributed by atoms with E-state index in [1.807, 2.05) is 72.8 Å². The third-order valence-corrected chi connectivity index (χ3v) is 6.27. The van der Waals surface area contributed by atoms with E-state index in [1.165, 1.54) is 18.9 Å². The molecular weight excluding hydrogens is 448 g/mol. The summed E-state index contributed by atoms with van der Waals surface area (Å²) in [4.78, 5) is 27.5. The van der Waals surface area contributed by atoms with Crippen molar-refractivity contribution in [3.8, 4) is 11.1 Å². The molecule has 186 valence electrons. The molecule has 0 aliphatic carbocycles. The largest absolute Gasteiger partial charge is 0.351 e. The Balaban J connectivity index is 1.32. The normalized spacial score (nSPS) is 14.4. The first-order valence-corrected chi connectivity index (χ1v) is 12.6. The van der Waals surface area contributed by atoms with Crippen molar-refractivity contribution in [2.45, 2.75) is 25.3 Å². The summed E-state index contributed by atoms with van der Waals surface area (Å²) in [7, 11) is 0. The molecule has 1 saturated heterocycles. The van der Waals surface area contributed by atoms with Crippen LogP contribution in [0.3, 0.4) is 0 Å². The molecule has 3 amide bonds. The highest BCUT2D eigenvalue weighted by Crippen LogP contribution is 2.21. The standard InChI is InChI=1S/C30H34N4O2/c35-29(31-19-22-34-20-7-8-21-34)18-17-28(23-24-9-3-1-4-10-24)33-30(36)32-27-15-13-26(14-16-27)25-11-5-2-6-12-25/h1-6,9-18,28H,7-8,19-23H2,(H,31,35)(H2,32,33,36)/b18-17-. The number of benzene rings is 3. The van der Waals surface area contributed by atoms with E-state index in [2.05, 4.69) is 33.0 Å². The molecule has 3 N–H and O–H groups in total. The lowest BCUT2D eigenvalue weighted by atomic mass is 10.1. The summed E-state index contributed by atoms with van der Waals surface area (Å²) in [6.07, 6.45) is 6.33. The van der Waals surface area contributed by atoms with Gasteiger partial charge in [0.25, 0.3) is 0 Å². The van der Waals surface area contributed by atoms with Gasteiger partial charge in [-0.1, -0.05) is 78.9 Å². The molecule has 1 fully saturated rings. The van der Waals surface area contributed by atoms with Gasteiger partial charge in [0, 0.05) is 24.9 Å². The van der Waals surface area contributed by atoms with E-state index < -0.39 is 0 Å². The molecule has 0 saturated carbocycles.